The number of amides is 1. The van der Waals surface area contributed by atoms with Gasteiger partial charge in [0, 0.05) is 24.7 Å². The summed E-state index contributed by atoms with van der Waals surface area (Å²) in [6.45, 7) is 7.67. The second kappa shape index (κ2) is 9.90. The Bertz CT molecular complexity index is 654. The third-order valence-electron chi connectivity index (χ3n) is 3.82. The number of hydrogen-bond acceptors (Lipinski definition) is 5. The highest BCUT2D eigenvalue weighted by Gasteiger charge is 2.08. The number of aromatic nitrogens is 1. The Balaban J connectivity index is 1.70. The molecule has 0 radical (unpaired) electrons. The molecule has 2 rings (SSSR count). The summed E-state index contributed by atoms with van der Waals surface area (Å²) in [5.74, 6) is 0.0653. The van der Waals surface area contributed by atoms with Crippen LogP contribution in [0.2, 0.25) is 0 Å². The van der Waals surface area contributed by atoms with E-state index in [4.69, 9.17) is 9.26 Å². The van der Waals surface area contributed by atoms with Crippen molar-refractivity contribution in [1.29, 1.82) is 0 Å². The van der Waals surface area contributed by atoms with E-state index in [0.29, 0.717) is 18.0 Å². The van der Waals surface area contributed by atoms with E-state index in [2.05, 4.69) is 29.2 Å². The van der Waals surface area contributed by atoms with Crippen LogP contribution in [0.25, 0.3) is 11.3 Å². The van der Waals surface area contributed by atoms with Gasteiger partial charge in [0.05, 0.1) is 6.61 Å². The molecule has 0 spiro atoms. The number of likely N-dealkylation sites (N-methyl/N-ethyl adjacent to an activating group) is 1. The first-order chi connectivity index (χ1) is 12.1. The van der Waals surface area contributed by atoms with Crippen LogP contribution in [0.15, 0.2) is 34.9 Å². The number of halogens is 1. The molecule has 0 aliphatic carbocycles. The van der Waals surface area contributed by atoms with E-state index < -0.39 is 0 Å². The third kappa shape index (κ3) is 6.28. The van der Waals surface area contributed by atoms with Crippen LogP contribution >= 0.6 is 0 Å². The Labute approximate surface area is 146 Å². The van der Waals surface area contributed by atoms with Gasteiger partial charge in [0.25, 0.3) is 0 Å². The second-order valence-electron chi connectivity index (χ2n) is 5.56. The van der Waals surface area contributed by atoms with Gasteiger partial charge in [0.15, 0.2) is 5.76 Å². The van der Waals surface area contributed by atoms with Gasteiger partial charge in [0.2, 0.25) is 5.91 Å². The van der Waals surface area contributed by atoms with Crippen molar-refractivity contribution in [2.75, 3.05) is 32.8 Å². The smallest absolute Gasteiger partial charge is 0.246 e. The van der Waals surface area contributed by atoms with Gasteiger partial charge < -0.3 is 19.5 Å². The maximum Gasteiger partial charge on any atom is 0.246 e. The number of nitrogens with zero attached hydrogens (tertiary/aromatic N) is 2. The topological polar surface area (TPSA) is 67.6 Å². The molecule has 0 aliphatic heterocycles. The zero-order valence-corrected chi connectivity index (χ0v) is 14.6. The number of nitrogens with one attached hydrogen (secondary N) is 1. The first kappa shape index (κ1) is 19.1. The fourth-order valence-corrected chi connectivity index (χ4v) is 2.32. The van der Waals surface area contributed by atoms with Gasteiger partial charge in [-0.05, 0) is 37.4 Å². The van der Waals surface area contributed by atoms with E-state index >= 15 is 0 Å². The molecular weight excluding hydrogens is 325 g/mol. The highest BCUT2D eigenvalue weighted by molar-refractivity contribution is 5.77. The monoisotopic (exact) mass is 349 g/mol. The van der Waals surface area contributed by atoms with Crippen LogP contribution in [0, 0.1) is 5.82 Å². The van der Waals surface area contributed by atoms with E-state index in [-0.39, 0.29) is 24.9 Å². The minimum atomic E-state index is -0.307. The van der Waals surface area contributed by atoms with Crippen LogP contribution in [0.4, 0.5) is 4.39 Å². The fourth-order valence-electron chi connectivity index (χ4n) is 2.32. The average molecular weight is 349 g/mol. The number of benzene rings is 1. The fraction of sp³-hybridized carbons (Fsp3) is 0.444. The quantitative estimate of drug-likeness (QED) is 0.714. The summed E-state index contributed by atoms with van der Waals surface area (Å²) in [6, 6.07) is 7.66. The third-order valence-corrected chi connectivity index (χ3v) is 3.82. The van der Waals surface area contributed by atoms with Crippen molar-refractivity contribution in [3.05, 3.63) is 41.8 Å². The van der Waals surface area contributed by atoms with Crippen molar-refractivity contribution in [1.82, 2.24) is 15.4 Å². The Morgan fingerprint density at radius 1 is 1.28 bits per heavy atom. The summed E-state index contributed by atoms with van der Waals surface area (Å²) in [5.41, 5.74) is 1.31. The van der Waals surface area contributed by atoms with E-state index in [0.717, 1.165) is 25.2 Å². The average Bonchev–Trinajstić information content (AvgIpc) is 3.08. The summed E-state index contributed by atoms with van der Waals surface area (Å²) in [5, 5.41) is 6.71. The zero-order valence-electron chi connectivity index (χ0n) is 14.6. The van der Waals surface area contributed by atoms with Gasteiger partial charge in [-0.2, -0.15) is 0 Å². The molecule has 0 saturated carbocycles. The maximum absolute atomic E-state index is 12.9. The molecule has 1 aromatic carbocycles. The zero-order chi connectivity index (χ0) is 18.1. The van der Waals surface area contributed by atoms with Crippen LogP contribution in [-0.4, -0.2) is 48.7 Å². The van der Waals surface area contributed by atoms with Crippen LogP contribution in [0.1, 0.15) is 19.5 Å². The summed E-state index contributed by atoms with van der Waals surface area (Å²) in [4.78, 5) is 13.9. The Kier molecular flexibility index (Phi) is 7.56. The van der Waals surface area contributed by atoms with Gasteiger partial charge in [-0.1, -0.05) is 19.0 Å². The van der Waals surface area contributed by atoms with Crippen molar-refractivity contribution in [2.45, 2.75) is 20.5 Å². The molecule has 0 aliphatic rings. The van der Waals surface area contributed by atoms with Gasteiger partial charge in [-0.3, -0.25) is 4.79 Å². The Hall–Kier alpha value is -2.25. The van der Waals surface area contributed by atoms with Gasteiger partial charge >= 0.3 is 0 Å². The molecule has 6 nitrogen and oxygen atoms in total. The number of carbonyl (C=O) groups excluding carboxylic acids is 1. The highest BCUT2D eigenvalue weighted by atomic mass is 19.1. The molecule has 1 amide bonds. The van der Waals surface area contributed by atoms with Crippen LogP contribution in [0.3, 0.4) is 0 Å². The lowest BCUT2D eigenvalue weighted by molar-refractivity contribution is -0.126. The standard InChI is InChI=1S/C18H24FN3O3/c1-3-22(4-2)10-9-20-18(23)13-24-12-16-11-17(25-21-16)14-5-7-15(19)8-6-14/h5-8,11H,3-4,9-10,12-13H2,1-2H3,(H,20,23). The molecule has 7 heteroatoms. The molecule has 0 fully saturated rings. The number of carbonyl (C=O) groups is 1. The summed E-state index contributed by atoms with van der Waals surface area (Å²) in [7, 11) is 0. The molecule has 0 atom stereocenters. The lowest BCUT2D eigenvalue weighted by Crippen LogP contribution is -2.36. The van der Waals surface area contributed by atoms with Crippen molar-refractivity contribution in [3.63, 3.8) is 0 Å². The lowest BCUT2D eigenvalue weighted by atomic mass is 10.1. The van der Waals surface area contributed by atoms with E-state index in [1.54, 1.807) is 18.2 Å². The molecular formula is C18H24FN3O3. The van der Waals surface area contributed by atoms with Crippen LogP contribution in [0.5, 0.6) is 0 Å². The molecule has 1 N–H and O–H groups in total. The largest absolute Gasteiger partial charge is 0.365 e. The Morgan fingerprint density at radius 3 is 2.68 bits per heavy atom. The van der Waals surface area contributed by atoms with Gasteiger partial charge in [-0.15, -0.1) is 0 Å². The molecule has 0 unspecified atom stereocenters. The number of ether oxygens (including phenoxy) is 1. The second-order valence-corrected chi connectivity index (χ2v) is 5.56. The summed E-state index contributed by atoms with van der Waals surface area (Å²) >= 11 is 0. The summed E-state index contributed by atoms with van der Waals surface area (Å²) in [6.07, 6.45) is 0. The van der Waals surface area contributed by atoms with Crippen LogP contribution in [-0.2, 0) is 16.1 Å². The van der Waals surface area contributed by atoms with Crippen molar-refractivity contribution >= 4 is 5.91 Å². The van der Waals surface area contributed by atoms with E-state index in [1.807, 2.05) is 0 Å². The molecule has 136 valence electrons. The van der Waals surface area contributed by atoms with Crippen molar-refractivity contribution in [3.8, 4) is 11.3 Å². The normalized spacial score (nSPS) is 11.0. The molecule has 25 heavy (non-hydrogen) atoms. The molecule has 0 saturated heterocycles. The van der Waals surface area contributed by atoms with Crippen LogP contribution < -0.4 is 5.32 Å². The molecule has 2 aromatic rings. The minimum Gasteiger partial charge on any atom is -0.365 e. The van der Waals surface area contributed by atoms with E-state index in [1.165, 1.54) is 12.1 Å². The summed E-state index contributed by atoms with van der Waals surface area (Å²) < 4.78 is 23.5. The first-order valence-corrected chi connectivity index (χ1v) is 8.40. The predicted molar refractivity (Wildman–Crippen MR) is 92.4 cm³/mol. The molecule has 1 heterocycles. The van der Waals surface area contributed by atoms with Crippen molar-refractivity contribution < 1.29 is 18.4 Å². The molecule has 0 bridgehead atoms. The minimum absolute atomic E-state index is 0.0308. The molecule has 1 aromatic heterocycles. The van der Waals surface area contributed by atoms with Gasteiger partial charge in [0.1, 0.15) is 18.1 Å². The SMILES string of the molecule is CCN(CC)CCNC(=O)COCc1cc(-c2ccc(F)cc2)on1. The number of hydrogen-bond donors (Lipinski definition) is 1. The Morgan fingerprint density at radius 2 is 2.00 bits per heavy atom. The lowest BCUT2D eigenvalue weighted by Gasteiger charge is -2.17. The van der Waals surface area contributed by atoms with Gasteiger partial charge in [-0.25, -0.2) is 4.39 Å². The first-order valence-electron chi connectivity index (χ1n) is 8.40. The predicted octanol–water partition coefficient (Wildman–Crippen LogP) is 2.46. The maximum atomic E-state index is 12.9. The number of rotatable bonds is 10. The highest BCUT2D eigenvalue weighted by Crippen LogP contribution is 2.20. The van der Waals surface area contributed by atoms with Crippen molar-refractivity contribution in [2.24, 2.45) is 0 Å². The van der Waals surface area contributed by atoms with E-state index in [9.17, 15) is 9.18 Å².